The van der Waals surface area contributed by atoms with Gasteiger partial charge in [-0.3, -0.25) is 4.57 Å². The Bertz CT molecular complexity index is 819. The summed E-state index contributed by atoms with van der Waals surface area (Å²) in [5.41, 5.74) is 3.18. The molecule has 0 aliphatic carbocycles. The summed E-state index contributed by atoms with van der Waals surface area (Å²) in [7, 11) is 0. The predicted molar refractivity (Wildman–Crippen MR) is 85.3 cm³/mol. The quantitative estimate of drug-likeness (QED) is 0.560. The lowest BCUT2D eigenvalue weighted by Gasteiger charge is -2.12. The Morgan fingerprint density at radius 2 is 1.81 bits per heavy atom. The van der Waals surface area contributed by atoms with Crippen molar-refractivity contribution in [2.24, 2.45) is 0 Å². The van der Waals surface area contributed by atoms with Gasteiger partial charge in [0, 0.05) is 0 Å². The van der Waals surface area contributed by atoms with Crippen LogP contribution < -0.4 is 0 Å². The van der Waals surface area contributed by atoms with Crippen LogP contribution in [-0.2, 0) is 5.88 Å². The third-order valence-corrected chi connectivity index (χ3v) is 4.02. The molecule has 0 N–H and O–H groups in total. The first-order valence-corrected chi connectivity index (χ1v) is 7.49. The molecule has 0 saturated carbocycles. The molecule has 0 radical (unpaired) electrons. The van der Waals surface area contributed by atoms with E-state index in [1.54, 1.807) is 4.57 Å². The minimum absolute atomic E-state index is 0.192. The van der Waals surface area contributed by atoms with Crippen LogP contribution in [0.2, 0.25) is 10.0 Å². The molecule has 2 nitrogen and oxygen atoms in total. The summed E-state index contributed by atoms with van der Waals surface area (Å²) >= 11 is 18.3. The van der Waals surface area contributed by atoms with Crippen LogP contribution in [0, 0.1) is 12.7 Å². The Morgan fingerprint density at radius 1 is 1.14 bits per heavy atom. The average Bonchev–Trinajstić information content (AvgIpc) is 2.76. The van der Waals surface area contributed by atoms with E-state index in [9.17, 15) is 4.39 Å². The van der Waals surface area contributed by atoms with Crippen molar-refractivity contribution in [3.05, 3.63) is 57.6 Å². The van der Waals surface area contributed by atoms with Gasteiger partial charge in [0.2, 0.25) is 0 Å². The Balaban J connectivity index is 2.41. The minimum atomic E-state index is -0.484. The molecule has 3 aromatic rings. The summed E-state index contributed by atoms with van der Waals surface area (Å²) < 4.78 is 15.2. The van der Waals surface area contributed by atoms with Crippen molar-refractivity contribution in [1.29, 1.82) is 0 Å². The molecule has 6 heteroatoms. The predicted octanol–water partition coefficient (Wildman–Crippen LogP) is 5.52. The van der Waals surface area contributed by atoms with Gasteiger partial charge in [-0.25, -0.2) is 9.37 Å². The molecule has 0 unspecified atom stereocenters. The number of nitrogens with zero attached hydrogens (tertiary/aromatic N) is 2. The van der Waals surface area contributed by atoms with Crippen LogP contribution >= 0.6 is 34.8 Å². The van der Waals surface area contributed by atoms with Crippen molar-refractivity contribution >= 4 is 45.8 Å². The molecule has 0 amide bonds. The van der Waals surface area contributed by atoms with Crippen LogP contribution in [0.25, 0.3) is 16.7 Å². The van der Waals surface area contributed by atoms with Gasteiger partial charge in [0.15, 0.2) is 0 Å². The molecule has 0 aliphatic heterocycles. The molecule has 3 rings (SSSR count). The van der Waals surface area contributed by atoms with Gasteiger partial charge in [0.1, 0.15) is 11.6 Å². The standard InChI is InChI=1S/C15H10Cl3FN2/c1-8-2-3-12-13(4-8)21(14(7-16)20-12)15-10(17)5-9(19)6-11(15)18/h2-6H,7H2,1H3. The molecule has 0 atom stereocenters. The fourth-order valence-corrected chi connectivity index (χ4v) is 3.13. The third-order valence-electron chi connectivity index (χ3n) is 3.20. The van der Waals surface area contributed by atoms with E-state index in [0.29, 0.717) is 11.5 Å². The normalized spacial score (nSPS) is 11.3. The number of rotatable bonds is 2. The summed E-state index contributed by atoms with van der Waals surface area (Å²) in [6, 6.07) is 8.29. The second-order valence-corrected chi connectivity index (χ2v) is 5.79. The van der Waals surface area contributed by atoms with Crippen LogP contribution in [0.5, 0.6) is 0 Å². The second kappa shape index (κ2) is 5.48. The van der Waals surface area contributed by atoms with Crippen molar-refractivity contribution in [2.75, 3.05) is 0 Å². The fraction of sp³-hybridized carbons (Fsp3) is 0.133. The van der Waals surface area contributed by atoms with Crippen molar-refractivity contribution < 1.29 is 4.39 Å². The summed E-state index contributed by atoms with van der Waals surface area (Å²) in [6.07, 6.45) is 0. The summed E-state index contributed by atoms with van der Waals surface area (Å²) in [5, 5.41) is 0.430. The molecule has 108 valence electrons. The lowest BCUT2D eigenvalue weighted by molar-refractivity contribution is 0.627. The fourth-order valence-electron chi connectivity index (χ4n) is 2.32. The number of hydrogen-bond acceptors (Lipinski definition) is 1. The van der Waals surface area contributed by atoms with Crippen LogP contribution in [0.15, 0.2) is 30.3 Å². The van der Waals surface area contributed by atoms with Gasteiger partial charge in [0.25, 0.3) is 0 Å². The zero-order valence-corrected chi connectivity index (χ0v) is 13.3. The summed E-state index contributed by atoms with van der Waals surface area (Å²) in [6.45, 7) is 1.98. The van der Waals surface area contributed by atoms with E-state index in [1.165, 1.54) is 12.1 Å². The highest BCUT2D eigenvalue weighted by Crippen LogP contribution is 2.34. The van der Waals surface area contributed by atoms with Gasteiger partial charge in [-0.05, 0) is 36.8 Å². The van der Waals surface area contributed by atoms with Crippen LogP contribution in [0.1, 0.15) is 11.4 Å². The molecular weight excluding hydrogens is 334 g/mol. The van der Waals surface area contributed by atoms with Gasteiger partial charge >= 0.3 is 0 Å². The Hall–Kier alpha value is -1.29. The monoisotopic (exact) mass is 342 g/mol. The number of halogens is 4. The van der Waals surface area contributed by atoms with E-state index in [-0.39, 0.29) is 15.9 Å². The Morgan fingerprint density at radius 3 is 2.43 bits per heavy atom. The molecule has 0 fully saturated rings. The van der Waals surface area contributed by atoms with Gasteiger partial charge in [-0.15, -0.1) is 11.6 Å². The largest absolute Gasteiger partial charge is 0.292 e. The number of fused-ring (bicyclic) bond motifs is 1. The molecule has 0 aliphatic rings. The van der Waals surface area contributed by atoms with E-state index in [2.05, 4.69) is 4.98 Å². The van der Waals surface area contributed by atoms with E-state index < -0.39 is 5.82 Å². The van der Waals surface area contributed by atoms with E-state index in [0.717, 1.165) is 16.6 Å². The molecule has 0 saturated heterocycles. The van der Waals surface area contributed by atoms with Crippen molar-refractivity contribution in [3.63, 3.8) is 0 Å². The van der Waals surface area contributed by atoms with E-state index >= 15 is 0 Å². The Labute approximate surface area is 136 Å². The third kappa shape index (κ3) is 2.50. The SMILES string of the molecule is Cc1ccc2nc(CCl)n(-c3c(Cl)cc(F)cc3Cl)c2c1. The van der Waals surface area contributed by atoms with Crippen molar-refractivity contribution in [1.82, 2.24) is 9.55 Å². The number of imidazole rings is 1. The summed E-state index contributed by atoms with van der Waals surface area (Å²) in [5.74, 6) is 0.312. The smallest absolute Gasteiger partial charge is 0.129 e. The van der Waals surface area contributed by atoms with Crippen molar-refractivity contribution in [3.8, 4) is 5.69 Å². The molecule has 1 aromatic heterocycles. The number of benzene rings is 2. The van der Waals surface area contributed by atoms with Gasteiger partial charge in [0.05, 0.1) is 32.6 Å². The molecule has 0 spiro atoms. The van der Waals surface area contributed by atoms with Crippen LogP contribution in [0.3, 0.4) is 0 Å². The first-order chi connectivity index (χ1) is 10.0. The number of aryl methyl sites for hydroxylation is 1. The highest BCUT2D eigenvalue weighted by Gasteiger charge is 2.18. The number of aromatic nitrogens is 2. The zero-order chi connectivity index (χ0) is 15.1. The maximum Gasteiger partial charge on any atom is 0.129 e. The maximum atomic E-state index is 13.4. The molecule has 21 heavy (non-hydrogen) atoms. The Kier molecular flexibility index (Phi) is 3.82. The van der Waals surface area contributed by atoms with Gasteiger partial charge in [-0.2, -0.15) is 0 Å². The maximum absolute atomic E-state index is 13.4. The molecular formula is C15H10Cl3FN2. The van der Waals surface area contributed by atoms with Gasteiger partial charge in [-0.1, -0.05) is 29.3 Å². The van der Waals surface area contributed by atoms with Crippen molar-refractivity contribution in [2.45, 2.75) is 12.8 Å². The van der Waals surface area contributed by atoms with Gasteiger partial charge < -0.3 is 0 Å². The zero-order valence-electron chi connectivity index (χ0n) is 11.0. The topological polar surface area (TPSA) is 17.8 Å². The molecule has 1 heterocycles. The van der Waals surface area contributed by atoms with Crippen LogP contribution in [-0.4, -0.2) is 9.55 Å². The van der Waals surface area contributed by atoms with E-state index in [1.807, 2.05) is 25.1 Å². The average molecular weight is 344 g/mol. The first-order valence-electron chi connectivity index (χ1n) is 6.20. The highest BCUT2D eigenvalue weighted by atomic mass is 35.5. The number of hydrogen-bond donors (Lipinski definition) is 0. The number of alkyl halides is 1. The lowest BCUT2D eigenvalue weighted by atomic mass is 10.2. The first kappa shape index (κ1) is 14.6. The highest BCUT2D eigenvalue weighted by molar-refractivity contribution is 6.38. The molecule has 0 bridgehead atoms. The summed E-state index contributed by atoms with van der Waals surface area (Å²) in [4.78, 5) is 4.47. The van der Waals surface area contributed by atoms with Crippen LogP contribution in [0.4, 0.5) is 4.39 Å². The van der Waals surface area contributed by atoms with E-state index in [4.69, 9.17) is 34.8 Å². The molecule has 2 aromatic carbocycles. The lowest BCUT2D eigenvalue weighted by Crippen LogP contribution is -2.02. The minimum Gasteiger partial charge on any atom is -0.292 e. The second-order valence-electron chi connectivity index (χ2n) is 4.71.